The fourth-order valence-corrected chi connectivity index (χ4v) is 5.30. The molecule has 2 aromatic carbocycles. The first-order valence-electron chi connectivity index (χ1n) is 8.89. The van der Waals surface area contributed by atoms with Crippen molar-refractivity contribution in [1.82, 2.24) is 5.32 Å². The minimum Gasteiger partial charge on any atom is -0.348 e. The van der Waals surface area contributed by atoms with E-state index in [1.807, 2.05) is 19.1 Å². The van der Waals surface area contributed by atoms with E-state index in [0.29, 0.717) is 23.7 Å². The number of fused-ring (bicyclic) bond motifs is 1. The third-order valence-corrected chi connectivity index (χ3v) is 7.35. The average molecular weight is 415 g/mol. The van der Waals surface area contributed by atoms with E-state index in [-0.39, 0.29) is 10.8 Å². The summed E-state index contributed by atoms with van der Waals surface area (Å²) in [6.45, 7) is 8.01. The van der Waals surface area contributed by atoms with Gasteiger partial charge in [0.1, 0.15) is 0 Å². The summed E-state index contributed by atoms with van der Waals surface area (Å²) in [5.41, 5.74) is 1.58. The van der Waals surface area contributed by atoms with Crippen molar-refractivity contribution in [2.24, 2.45) is 0 Å². The van der Waals surface area contributed by atoms with Crippen molar-refractivity contribution < 1.29 is 13.2 Å². The number of sulfonamides is 1. The van der Waals surface area contributed by atoms with Crippen LogP contribution in [0.4, 0.5) is 5.69 Å². The largest absolute Gasteiger partial charge is 0.348 e. The van der Waals surface area contributed by atoms with Gasteiger partial charge >= 0.3 is 0 Å². The number of benzene rings is 2. The van der Waals surface area contributed by atoms with Crippen molar-refractivity contribution in [2.75, 3.05) is 17.4 Å². The summed E-state index contributed by atoms with van der Waals surface area (Å²) in [5.74, 6) is -0.165. The lowest BCUT2D eigenvalue weighted by molar-refractivity contribution is 0.0962. The molecule has 1 amide bonds. The van der Waals surface area contributed by atoms with Gasteiger partial charge in [0.05, 0.1) is 15.5 Å². The monoisotopic (exact) mass is 414 g/mol. The van der Waals surface area contributed by atoms with Gasteiger partial charge in [-0.2, -0.15) is 0 Å². The van der Waals surface area contributed by atoms with Crippen LogP contribution in [0, 0.1) is 6.92 Å². The van der Waals surface area contributed by atoms with Crippen LogP contribution < -0.4 is 9.62 Å². The van der Waals surface area contributed by atoms with Crippen molar-refractivity contribution in [1.29, 1.82) is 0 Å². The predicted octanol–water partition coefficient (Wildman–Crippen LogP) is 4.34. The Kier molecular flexibility index (Phi) is 5.86. The van der Waals surface area contributed by atoms with Gasteiger partial charge in [-0.1, -0.05) is 23.8 Å². The van der Waals surface area contributed by atoms with Gasteiger partial charge in [0.15, 0.2) is 0 Å². The zero-order chi connectivity index (χ0) is 20.3. The van der Waals surface area contributed by atoms with E-state index in [1.54, 1.807) is 49.4 Å². The van der Waals surface area contributed by atoms with Crippen LogP contribution in [0.15, 0.2) is 66.1 Å². The zero-order valence-electron chi connectivity index (χ0n) is 15.8. The Morgan fingerprint density at radius 1 is 1.18 bits per heavy atom. The standard InChI is InChI=1S/C21H22N2O3S2/c1-4-12-22-21(24)20-14-16-13-17(8-11-19(16)27-20)23(5-2)28(25,26)18-9-6-15(3)7-10-18/h4,6-11,13-14H,1,5,12H2,2-3H3,(H,22,24). The van der Waals surface area contributed by atoms with Gasteiger partial charge in [-0.3, -0.25) is 9.10 Å². The highest BCUT2D eigenvalue weighted by atomic mass is 32.2. The number of amides is 1. The number of nitrogens with zero attached hydrogens (tertiary/aromatic N) is 1. The third-order valence-electron chi connectivity index (χ3n) is 4.31. The van der Waals surface area contributed by atoms with Gasteiger partial charge in [-0.25, -0.2) is 8.42 Å². The van der Waals surface area contributed by atoms with Crippen LogP contribution in [-0.4, -0.2) is 27.4 Å². The predicted molar refractivity (Wildman–Crippen MR) is 116 cm³/mol. The molecule has 0 aliphatic rings. The van der Waals surface area contributed by atoms with Gasteiger partial charge in [-0.15, -0.1) is 17.9 Å². The highest BCUT2D eigenvalue weighted by molar-refractivity contribution is 7.92. The molecule has 1 aromatic heterocycles. The van der Waals surface area contributed by atoms with Crippen LogP contribution in [0.3, 0.4) is 0 Å². The smallest absolute Gasteiger partial charge is 0.264 e. The molecule has 28 heavy (non-hydrogen) atoms. The lowest BCUT2D eigenvalue weighted by Gasteiger charge is -2.23. The number of carbonyl (C=O) groups is 1. The van der Waals surface area contributed by atoms with Crippen LogP contribution in [0.2, 0.25) is 0 Å². The Balaban J connectivity index is 1.97. The van der Waals surface area contributed by atoms with E-state index in [4.69, 9.17) is 0 Å². The Labute approximate surface area is 169 Å². The summed E-state index contributed by atoms with van der Waals surface area (Å²) in [6.07, 6.45) is 1.62. The van der Waals surface area contributed by atoms with E-state index >= 15 is 0 Å². The molecular weight excluding hydrogens is 392 g/mol. The van der Waals surface area contributed by atoms with Crippen molar-refractivity contribution >= 4 is 43.0 Å². The maximum Gasteiger partial charge on any atom is 0.264 e. The first-order chi connectivity index (χ1) is 13.4. The summed E-state index contributed by atoms with van der Waals surface area (Å²) in [5, 5.41) is 3.59. The maximum atomic E-state index is 13.1. The summed E-state index contributed by atoms with van der Waals surface area (Å²) >= 11 is 1.38. The molecule has 3 rings (SSSR count). The van der Waals surface area contributed by atoms with Crippen molar-refractivity contribution in [3.05, 3.63) is 71.6 Å². The number of anilines is 1. The number of aryl methyl sites for hydroxylation is 1. The minimum absolute atomic E-state index is 0.165. The summed E-state index contributed by atoms with van der Waals surface area (Å²) in [6, 6.07) is 14.1. The zero-order valence-corrected chi connectivity index (χ0v) is 17.4. The molecule has 0 unspecified atom stereocenters. The maximum absolute atomic E-state index is 13.1. The fourth-order valence-electron chi connectivity index (χ4n) is 2.88. The number of hydrogen-bond donors (Lipinski definition) is 1. The Morgan fingerprint density at radius 2 is 1.89 bits per heavy atom. The first kappa shape index (κ1) is 20.1. The van der Waals surface area contributed by atoms with Crippen LogP contribution in [0.25, 0.3) is 10.1 Å². The van der Waals surface area contributed by atoms with Crippen LogP contribution in [0.5, 0.6) is 0 Å². The molecule has 0 saturated heterocycles. The van der Waals surface area contributed by atoms with E-state index in [0.717, 1.165) is 15.6 Å². The summed E-state index contributed by atoms with van der Waals surface area (Å²) in [7, 11) is -3.66. The second-order valence-electron chi connectivity index (χ2n) is 6.31. The molecule has 1 heterocycles. The number of carbonyl (C=O) groups excluding carboxylic acids is 1. The van der Waals surface area contributed by atoms with Gasteiger partial charge in [0.25, 0.3) is 15.9 Å². The number of nitrogens with one attached hydrogen (secondary N) is 1. The molecule has 0 spiro atoms. The molecule has 5 nitrogen and oxygen atoms in total. The normalized spacial score (nSPS) is 11.4. The van der Waals surface area contributed by atoms with Gasteiger partial charge in [-0.05, 0) is 55.6 Å². The second-order valence-corrected chi connectivity index (χ2v) is 9.26. The fraction of sp³-hybridized carbons (Fsp3) is 0.190. The van der Waals surface area contributed by atoms with E-state index in [2.05, 4.69) is 11.9 Å². The molecule has 7 heteroatoms. The second kappa shape index (κ2) is 8.16. The number of thiophene rings is 1. The number of hydrogen-bond acceptors (Lipinski definition) is 4. The van der Waals surface area contributed by atoms with Crippen LogP contribution in [0.1, 0.15) is 22.2 Å². The van der Waals surface area contributed by atoms with Gasteiger partial charge in [0, 0.05) is 17.8 Å². The van der Waals surface area contributed by atoms with Gasteiger partial charge in [0.2, 0.25) is 0 Å². The third kappa shape index (κ3) is 3.95. The molecule has 0 aliphatic carbocycles. The molecule has 0 aliphatic heterocycles. The SMILES string of the molecule is C=CCNC(=O)c1cc2cc(N(CC)S(=O)(=O)c3ccc(C)cc3)ccc2s1. The molecular formula is C21H22N2O3S2. The molecule has 146 valence electrons. The molecule has 0 fully saturated rings. The van der Waals surface area contributed by atoms with E-state index in [9.17, 15) is 13.2 Å². The average Bonchev–Trinajstić information content (AvgIpc) is 3.10. The molecule has 0 radical (unpaired) electrons. The Bertz CT molecular complexity index is 1120. The van der Waals surface area contributed by atoms with E-state index in [1.165, 1.54) is 15.6 Å². The molecule has 0 atom stereocenters. The lowest BCUT2D eigenvalue weighted by Crippen LogP contribution is -2.30. The molecule has 0 saturated carbocycles. The van der Waals surface area contributed by atoms with Crippen molar-refractivity contribution in [3.63, 3.8) is 0 Å². The van der Waals surface area contributed by atoms with Crippen LogP contribution >= 0.6 is 11.3 Å². The van der Waals surface area contributed by atoms with Gasteiger partial charge < -0.3 is 5.32 Å². The minimum atomic E-state index is -3.66. The topological polar surface area (TPSA) is 66.5 Å². The summed E-state index contributed by atoms with van der Waals surface area (Å²) < 4.78 is 28.5. The molecule has 3 aromatic rings. The number of rotatable bonds is 7. The van der Waals surface area contributed by atoms with Crippen LogP contribution in [-0.2, 0) is 10.0 Å². The highest BCUT2D eigenvalue weighted by Crippen LogP contribution is 2.31. The summed E-state index contributed by atoms with van der Waals surface area (Å²) in [4.78, 5) is 13.0. The Hall–Kier alpha value is -2.64. The van der Waals surface area contributed by atoms with E-state index < -0.39 is 10.0 Å². The first-order valence-corrected chi connectivity index (χ1v) is 11.1. The Morgan fingerprint density at radius 3 is 2.54 bits per heavy atom. The molecule has 0 bridgehead atoms. The van der Waals surface area contributed by atoms with Crippen molar-refractivity contribution in [2.45, 2.75) is 18.7 Å². The lowest BCUT2D eigenvalue weighted by atomic mass is 10.2. The van der Waals surface area contributed by atoms with Crippen molar-refractivity contribution in [3.8, 4) is 0 Å². The quantitative estimate of drug-likeness (QED) is 0.585. The highest BCUT2D eigenvalue weighted by Gasteiger charge is 2.24. The molecule has 1 N–H and O–H groups in total.